The van der Waals surface area contributed by atoms with E-state index in [1.54, 1.807) is 13.0 Å². The standard InChI is InChI=1S/C23H34F2N2O3/c1-16(28)13-26-14-21(29)27-11-10-17-8-9-19(30-15-23(2,24)25)12-20(17)22(27)18-6-4-3-5-7-18/h8-9,12,16,18,22,26,28H,3-7,10-11,13-15H2,1-2H3/t16-,22?/m1/s1. The van der Waals surface area contributed by atoms with Crippen LogP contribution in [0.1, 0.15) is 63.1 Å². The van der Waals surface area contributed by atoms with Crippen LogP contribution in [0.3, 0.4) is 0 Å². The number of carbonyl (C=O) groups excluding carboxylic acids is 1. The highest BCUT2D eigenvalue weighted by molar-refractivity contribution is 5.79. The van der Waals surface area contributed by atoms with Gasteiger partial charge in [-0.1, -0.05) is 25.3 Å². The minimum atomic E-state index is -2.89. The van der Waals surface area contributed by atoms with Gasteiger partial charge in [0.1, 0.15) is 5.75 Å². The SMILES string of the molecule is C[C@@H](O)CNCC(=O)N1CCc2ccc(OCC(C)(F)F)cc2C1C1CCCCC1. The lowest BCUT2D eigenvalue weighted by Gasteiger charge is -2.43. The largest absolute Gasteiger partial charge is 0.487 e. The number of hydrogen-bond donors (Lipinski definition) is 2. The number of hydrogen-bond acceptors (Lipinski definition) is 4. The Labute approximate surface area is 177 Å². The van der Waals surface area contributed by atoms with Crippen LogP contribution in [-0.4, -0.2) is 54.2 Å². The van der Waals surface area contributed by atoms with Crippen LogP contribution < -0.4 is 10.1 Å². The first-order chi connectivity index (χ1) is 14.2. The molecule has 1 unspecified atom stereocenters. The molecule has 1 aliphatic carbocycles. The molecule has 0 radical (unpaired) electrons. The molecule has 1 saturated carbocycles. The first-order valence-electron chi connectivity index (χ1n) is 11.1. The molecule has 1 fully saturated rings. The van der Waals surface area contributed by atoms with Gasteiger partial charge in [0.2, 0.25) is 5.91 Å². The Balaban J connectivity index is 1.83. The number of aliphatic hydroxyl groups is 1. The predicted molar refractivity (Wildman–Crippen MR) is 112 cm³/mol. The topological polar surface area (TPSA) is 61.8 Å². The summed E-state index contributed by atoms with van der Waals surface area (Å²) >= 11 is 0. The van der Waals surface area contributed by atoms with Gasteiger partial charge in [0.05, 0.1) is 18.7 Å². The summed E-state index contributed by atoms with van der Waals surface area (Å²) in [4.78, 5) is 15.0. The number of aliphatic hydroxyl groups excluding tert-OH is 1. The van der Waals surface area contributed by atoms with Crippen molar-refractivity contribution in [2.45, 2.75) is 70.4 Å². The highest BCUT2D eigenvalue weighted by Gasteiger charge is 2.37. The van der Waals surface area contributed by atoms with E-state index in [0.717, 1.165) is 44.6 Å². The third-order valence-electron chi connectivity index (χ3n) is 6.02. The average molecular weight is 425 g/mol. The smallest absolute Gasteiger partial charge is 0.278 e. The van der Waals surface area contributed by atoms with E-state index in [0.29, 0.717) is 24.8 Å². The molecule has 0 spiro atoms. The van der Waals surface area contributed by atoms with Gasteiger partial charge in [-0.3, -0.25) is 4.79 Å². The number of amides is 1. The summed E-state index contributed by atoms with van der Waals surface area (Å²) in [6, 6.07) is 5.52. The van der Waals surface area contributed by atoms with Crippen LogP contribution in [0, 0.1) is 5.92 Å². The molecule has 3 rings (SSSR count). The number of carbonyl (C=O) groups is 1. The second-order valence-electron chi connectivity index (χ2n) is 8.88. The van der Waals surface area contributed by atoms with Gasteiger partial charge in [0.25, 0.3) is 5.92 Å². The molecular formula is C23H34F2N2O3. The van der Waals surface area contributed by atoms with Crippen molar-refractivity contribution in [1.29, 1.82) is 0 Å². The summed E-state index contributed by atoms with van der Waals surface area (Å²) in [6.45, 7) is 3.06. The van der Waals surface area contributed by atoms with Gasteiger partial charge in [0, 0.05) is 20.0 Å². The Kier molecular flexibility index (Phi) is 7.69. The fraction of sp³-hybridized carbons (Fsp3) is 0.696. The lowest BCUT2D eigenvalue weighted by Crippen LogP contribution is -2.47. The van der Waals surface area contributed by atoms with Gasteiger partial charge in [-0.2, -0.15) is 0 Å². The molecular weight excluding hydrogens is 390 g/mol. The molecule has 7 heteroatoms. The third-order valence-corrected chi connectivity index (χ3v) is 6.02. The molecule has 0 saturated heterocycles. The van der Waals surface area contributed by atoms with Gasteiger partial charge in [-0.25, -0.2) is 8.78 Å². The molecule has 1 heterocycles. The van der Waals surface area contributed by atoms with Crippen molar-refractivity contribution in [2.75, 3.05) is 26.2 Å². The molecule has 168 valence electrons. The van der Waals surface area contributed by atoms with E-state index in [4.69, 9.17) is 4.74 Å². The highest BCUT2D eigenvalue weighted by atomic mass is 19.3. The molecule has 2 aliphatic rings. The Hall–Kier alpha value is -1.73. The molecule has 2 atom stereocenters. The summed E-state index contributed by atoms with van der Waals surface area (Å²) in [5, 5.41) is 12.5. The van der Waals surface area contributed by atoms with Crippen LogP contribution in [0.25, 0.3) is 0 Å². The molecule has 0 aromatic heterocycles. The molecule has 1 amide bonds. The van der Waals surface area contributed by atoms with Gasteiger partial charge >= 0.3 is 0 Å². The fourth-order valence-electron chi connectivity index (χ4n) is 4.65. The van der Waals surface area contributed by atoms with Gasteiger partial charge in [-0.05, 0) is 55.4 Å². The van der Waals surface area contributed by atoms with E-state index in [-0.39, 0.29) is 18.5 Å². The van der Waals surface area contributed by atoms with Crippen LogP contribution in [0.4, 0.5) is 8.78 Å². The van der Waals surface area contributed by atoms with E-state index in [9.17, 15) is 18.7 Å². The Bertz CT molecular complexity index is 715. The summed E-state index contributed by atoms with van der Waals surface area (Å²) in [5.74, 6) is -2.09. The number of benzene rings is 1. The van der Waals surface area contributed by atoms with Crippen molar-refractivity contribution in [3.05, 3.63) is 29.3 Å². The van der Waals surface area contributed by atoms with Gasteiger partial charge in [-0.15, -0.1) is 0 Å². The summed E-state index contributed by atoms with van der Waals surface area (Å²) in [6.07, 6.45) is 5.87. The molecule has 1 aromatic rings. The molecule has 5 nitrogen and oxygen atoms in total. The average Bonchev–Trinajstić information content (AvgIpc) is 2.71. The predicted octanol–water partition coefficient (Wildman–Crippen LogP) is 3.70. The minimum Gasteiger partial charge on any atom is -0.487 e. The second-order valence-corrected chi connectivity index (χ2v) is 8.88. The number of rotatable bonds is 8. The van der Waals surface area contributed by atoms with E-state index in [2.05, 4.69) is 5.32 Å². The lowest BCUT2D eigenvalue weighted by atomic mass is 9.77. The van der Waals surface area contributed by atoms with Gasteiger partial charge in [0.15, 0.2) is 6.61 Å². The molecule has 2 N–H and O–H groups in total. The first kappa shape index (κ1) is 22.9. The zero-order valence-corrected chi connectivity index (χ0v) is 18.0. The number of alkyl halides is 2. The molecule has 0 bridgehead atoms. The number of fused-ring (bicyclic) bond motifs is 1. The minimum absolute atomic E-state index is 0.0169. The van der Waals surface area contributed by atoms with Crippen molar-refractivity contribution in [3.63, 3.8) is 0 Å². The monoisotopic (exact) mass is 424 g/mol. The Morgan fingerprint density at radius 3 is 2.73 bits per heavy atom. The Morgan fingerprint density at radius 1 is 1.33 bits per heavy atom. The van der Waals surface area contributed by atoms with E-state index >= 15 is 0 Å². The van der Waals surface area contributed by atoms with Crippen LogP contribution in [0.5, 0.6) is 5.75 Å². The zero-order valence-electron chi connectivity index (χ0n) is 18.0. The van der Waals surface area contributed by atoms with Crippen molar-refractivity contribution in [2.24, 2.45) is 5.92 Å². The number of nitrogens with one attached hydrogen (secondary N) is 1. The zero-order chi connectivity index (χ0) is 21.7. The molecule has 1 aliphatic heterocycles. The third kappa shape index (κ3) is 6.14. The van der Waals surface area contributed by atoms with Crippen molar-refractivity contribution in [1.82, 2.24) is 10.2 Å². The number of ether oxygens (including phenoxy) is 1. The van der Waals surface area contributed by atoms with Crippen molar-refractivity contribution in [3.8, 4) is 5.75 Å². The van der Waals surface area contributed by atoms with Crippen LogP contribution in [0.2, 0.25) is 0 Å². The molecule has 1 aromatic carbocycles. The van der Waals surface area contributed by atoms with E-state index in [1.165, 1.54) is 12.0 Å². The van der Waals surface area contributed by atoms with Crippen molar-refractivity contribution >= 4 is 5.91 Å². The number of nitrogens with zero attached hydrogens (tertiary/aromatic N) is 1. The lowest BCUT2D eigenvalue weighted by molar-refractivity contribution is -0.134. The Morgan fingerprint density at radius 2 is 2.07 bits per heavy atom. The maximum absolute atomic E-state index is 13.3. The maximum atomic E-state index is 13.3. The van der Waals surface area contributed by atoms with Crippen molar-refractivity contribution < 1.29 is 23.4 Å². The quantitative estimate of drug-likeness (QED) is 0.668. The highest BCUT2D eigenvalue weighted by Crippen LogP contribution is 2.43. The van der Waals surface area contributed by atoms with Crippen LogP contribution in [-0.2, 0) is 11.2 Å². The first-order valence-corrected chi connectivity index (χ1v) is 11.1. The van der Waals surface area contributed by atoms with Gasteiger partial charge < -0.3 is 20.1 Å². The number of halogens is 2. The summed E-state index contributed by atoms with van der Waals surface area (Å²) < 4.78 is 31.9. The normalized spacial score (nSPS) is 21.2. The van der Waals surface area contributed by atoms with E-state index in [1.807, 2.05) is 17.0 Å². The van der Waals surface area contributed by atoms with Crippen LogP contribution in [0.15, 0.2) is 18.2 Å². The summed E-state index contributed by atoms with van der Waals surface area (Å²) in [7, 11) is 0. The molecule has 30 heavy (non-hydrogen) atoms. The summed E-state index contributed by atoms with van der Waals surface area (Å²) in [5.41, 5.74) is 2.20. The second kappa shape index (κ2) is 10.1. The van der Waals surface area contributed by atoms with Crippen LogP contribution >= 0.6 is 0 Å². The fourth-order valence-corrected chi connectivity index (χ4v) is 4.65. The maximum Gasteiger partial charge on any atom is 0.278 e. The van der Waals surface area contributed by atoms with E-state index < -0.39 is 18.6 Å².